The lowest BCUT2D eigenvalue weighted by molar-refractivity contribution is -0.302. The lowest BCUT2D eigenvalue weighted by Crippen LogP contribution is -2.65. The van der Waals surface area contributed by atoms with Crippen LogP contribution in [0.15, 0.2) is 5.16 Å². The Morgan fingerprint density at radius 3 is 2.23 bits per heavy atom. The maximum Gasteiger partial charge on any atom is 0.329 e. The fourth-order valence-corrected chi connectivity index (χ4v) is 3.12. The van der Waals surface area contributed by atoms with Crippen molar-refractivity contribution in [3.8, 4) is 0 Å². The summed E-state index contributed by atoms with van der Waals surface area (Å²) in [7, 11) is 0. The molecule has 3 fully saturated rings. The Kier molecular flexibility index (Phi) is 5.53. The van der Waals surface area contributed by atoms with Crippen LogP contribution in [-0.4, -0.2) is 126 Å². The molecule has 0 unspecified atom stereocenters. The third-order valence-corrected chi connectivity index (χ3v) is 4.73. The van der Waals surface area contributed by atoms with Gasteiger partial charge in [-0.15, -0.1) is 0 Å². The normalized spacial score (nSPS) is 50.5. The fraction of sp³-hybridized carbons (Fsp3) is 0.923. The predicted molar refractivity (Wildman–Crippen MR) is 77.9 cm³/mol. The summed E-state index contributed by atoms with van der Waals surface area (Å²) in [4.78, 5) is 5.95. The summed E-state index contributed by atoms with van der Waals surface area (Å²) in [5.74, 6) is 0. The maximum atomic E-state index is 10.1. The number of aliphatic hydroxyl groups excluding tert-OH is 8. The lowest BCUT2D eigenvalue weighted by Gasteiger charge is -2.42. The van der Waals surface area contributed by atoms with Gasteiger partial charge in [-0.25, -0.2) is 0 Å². The Morgan fingerprint density at radius 2 is 1.58 bits per heavy atom. The van der Waals surface area contributed by atoms with E-state index in [-0.39, 0.29) is 12.6 Å². The van der Waals surface area contributed by atoms with Crippen molar-refractivity contribution in [3.05, 3.63) is 0 Å². The van der Waals surface area contributed by atoms with Crippen LogP contribution in [0.5, 0.6) is 0 Å². The molecule has 3 heterocycles. The van der Waals surface area contributed by atoms with E-state index in [1.54, 1.807) is 0 Å². The largest absolute Gasteiger partial charge is 0.461 e. The minimum Gasteiger partial charge on any atom is -0.461 e. The van der Waals surface area contributed by atoms with E-state index in [0.29, 0.717) is 0 Å². The van der Waals surface area contributed by atoms with E-state index in [2.05, 4.69) is 5.16 Å². The number of hydrogen-bond donors (Lipinski definition) is 8. The molecule has 0 spiro atoms. The maximum absolute atomic E-state index is 10.1. The van der Waals surface area contributed by atoms with Crippen LogP contribution in [0.4, 0.5) is 0 Å². The van der Waals surface area contributed by atoms with Gasteiger partial charge in [0.25, 0.3) is 6.29 Å². The van der Waals surface area contributed by atoms with E-state index >= 15 is 0 Å². The SMILES string of the molecule is OC[C@H]1O[C@@H](O/N=C2/OC[C@@H]3[C@H](O)[C@H](O)[C@@H](O)[C@@H](O)N23)[C@H](O)[C@@H](O)[C@@H]1O. The summed E-state index contributed by atoms with van der Waals surface area (Å²) in [6.45, 7) is -0.819. The lowest BCUT2D eigenvalue weighted by atomic mass is 9.94. The van der Waals surface area contributed by atoms with E-state index in [4.69, 9.17) is 19.4 Å². The molecule has 0 aromatic carbocycles. The number of oxime groups is 1. The molecule has 0 bridgehead atoms. The van der Waals surface area contributed by atoms with Gasteiger partial charge >= 0.3 is 6.02 Å². The van der Waals surface area contributed by atoms with Gasteiger partial charge in [-0.1, -0.05) is 0 Å². The predicted octanol–water partition coefficient (Wildman–Crippen LogP) is -5.81. The highest BCUT2D eigenvalue weighted by Gasteiger charge is 2.53. The van der Waals surface area contributed by atoms with Crippen LogP contribution < -0.4 is 0 Å². The Balaban J connectivity index is 1.72. The quantitative estimate of drug-likeness (QED) is 0.215. The standard InChI is InChI=1S/C13H22N2O11/c16-1-4-6(18)8(20)10(22)12(25-4)26-14-13-15-3(2-24-13)5(17)7(19)9(21)11(15)23/h3-12,16-23H,1-2H2/b14-13+/t3-,4-,5+,6-,7+,8+,9-,10-,11-,12+/m1/s1. The topological polar surface area (TPSA) is 205 Å². The summed E-state index contributed by atoms with van der Waals surface area (Å²) in [6, 6.07) is -1.26. The highest BCUT2D eigenvalue weighted by molar-refractivity contribution is 5.76. The van der Waals surface area contributed by atoms with Gasteiger partial charge in [0, 0.05) is 0 Å². The van der Waals surface area contributed by atoms with Crippen LogP contribution in [0, 0.1) is 0 Å². The van der Waals surface area contributed by atoms with Gasteiger partial charge in [-0.2, -0.15) is 0 Å². The van der Waals surface area contributed by atoms with Crippen molar-refractivity contribution in [1.82, 2.24) is 4.90 Å². The summed E-state index contributed by atoms with van der Waals surface area (Å²) in [5, 5.41) is 81.4. The van der Waals surface area contributed by atoms with E-state index in [1.807, 2.05) is 0 Å². The van der Waals surface area contributed by atoms with Gasteiger partial charge in [-0.05, 0) is 5.16 Å². The summed E-state index contributed by atoms with van der Waals surface area (Å²) in [5.41, 5.74) is 0. The summed E-state index contributed by atoms with van der Waals surface area (Å²) < 4.78 is 10.3. The first-order valence-corrected chi connectivity index (χ1v) is 7.95. The van der Waals surface area contributed by atoms with Crippen LogP contribution >= 0.6 is 0 Å². The van der Waals surface area contributed by atoms with Gasteiger partial charge in [0.1, 0.15) is 49.3 Å². The molecule has 0 aliphatic carbocycles. The number of ether oxygens (including phenoxy) is 2. The van der Waals surface area contributed by atoms with Crippen LogP contribution in [0.1, 0.15) is 0 Å². The zero-order valence-electron chi connectivity index (χ0n) is 13.4. The number of aliphatic hydroxyl groups is 8. The van der Waals surface area contributed by atoms with E-state index in [0.717, 1.165) is 4.90 Å². The molecule has 13 nitrogen and oxygen atoms in total. The molecule has 3 saturated heterocycles. The van der Waals surface area contributed by atoms with Crippen LogP contribution in [0.2, 0.25) is 0 Å². The van der Waals surface area contributed by atoms with Crippen molar-refractivity contribution in [2.75, 3.05) is 13.2 Å². The van der Waals surface area contributed by atoms with E-state index in [1.165, 1.54) is 0 Å². The highest BCUT2D eigenvalue weighted by Crippen LogP contribution is 2.29. The average Bonchev–Trinajstić information content (AvgIpc) is 3.06. The molecular formula is C13H22N2O11. The summed E-state index contributed by atoms with van der Waals surface area (Å²) in [6.07, 6.45) is -14.0. The number of rotatable bonds is 3. The number of hydrogen-bond acceptors (Lipinski definition) is 12. The molecule has 150 valence electrons. The number of nitrogens with zero attached hydrogens (tertiary/aromatic N) is 2. The number of piperidine rings is 1. The molecule has 3 aliphatic heterocycles. The zero-order valence-corrected chi connectivity index (χ0v) is 13.4. The van der Waals surface area contributed by atoms with E-state index in [9.17, 15) is 35.7 Å². The smallest absolute Gasteiger partial charge is 0.329 e. The van der Waals surface area contributed by atoms with Gasteiger partial charge in [-0.3, -0.25) is 4.90 Å². The number of fused-ring (bicyclic) bond motifs is 1. The first-order valence-electron chi connectivity index (χ1n) is 7.95. The Hall–Kier alpha value is -1.29. The Labute approximate surface area is 146 Å². The molecule has 3 aliphatic rings. The molecule has 0 amide bonds. The second-order valence-electron chi connectivity index (χ2n) is 6.35. The van der Waals surface area contributed by atoms with Crippen molar-refractivity contribution in [1.29, 1.82) is 0 Å². The van der Waals surface area contributed by atoms with Crippen molar-refractivity contribution in [2.45, 2.75) is 61.3 Å². The molecule has 0 aromatic rings. The second-order valence-corrected chi connectivity index (χ2v) is 6.35. The molecule has 0 aromatic heterocycles. The van der Waals surface area contributed by atoms with Gasteiger partial charge in [0.15, 0.2) is 6.23 Å². The zero-order chi connectivity index (χ0) is 19.2. The minimum absolute atomic E-state index is 0.168. The highest BCUT2D eigenvalue weighted by atomic mass is 16.8. The average molecular weight is 382 g/mol. The molecule has 8 N–H and O–H groups in total. The molecule has 0 saturated carbocycles. The Bertz CT molecular complexity index is 534. The minimum atomic E-state index is -1.70. The molecule has 3 rings (SSSR count). The summed E-state index contributed by atoms with van der Waals surface area (Å²) >= 11 is 0. The molecule has 10 atom stereocenters. The molecule has 0 radical (unpaired) electrons. The van der Waals surface area contributed by atoms with Crippen molar-refractivity contribution >= 4 is 6.02 Å². The van der Waals surface area contributed by atoms with Crippen molar-refractivity contribution in [2.24, 2.45) is 5.16 Å². The third kappa shape index (κ3) is 3.11. The molecule has 26 heavy (non-hydrogen) atoms. The second kappa shape index (κ2) is 7.38. The first-order chi connectivity index (χ1) is 12.3. The van der Waals surface area contributed by atoms with Gasteiger partial charge in [0.05, 0.1) is 12.6 Å². The van der Waals surface area contributed by atoms with Crippen molar-refractivity contribution in [3.63, 3.8) is 0 Å². The van der Waals surface area contributed by atoms with Crippen LogP contribution in [0.3, 0.4) is 0 Å². The number of amidine groups is 1. The Morgan fingerprint density at radius 1 is 0.923 bits per heavy atom. The first kappa shape index (κ1) is 19.5. The monoisotopic (exact) mass is 382 g/mol. The van der Waals surface area contributed by atoms with Crippen LogP contribution in [0.25, 0.3) is 0 Å². The third-order valence-electron chi connectivity index (χ3n) is 4.73. The van der Waals surface area contributed by atoms with Gasteiger partial charge < -0.3 is 55.2 Å². The van der Waals surface area contributed by atoms with Crippen LogP contribution in [-0.2, 0) is 14.3 Å². The molecule has 13 heteroatoms. The van der Waals surface area contributed by atoms with E-state index < -0.39 is 67.9 Å². The fourth-order valence-electron chi connectivity index (χ4n) is 3.12. The van der Waals surface area contributed by atoms with Gasteiger partial charge in [0.2, 0.25) is 0 Å². The molecular weight excluding hydrogens is 360 g/mol. The van der Waals surface area contributed by atoms with Crippen molar-refractivity contribution < 1.29 is 55.2 Å².